The van der Waals surface area contributed by atoms with Gasteiger partial charge in [0.1, 0.15) is 18.1 Å². The van der Waals surface area contributed by atoms with E-state index in [-0.39, 0.29) is 17.3 Å². The van der Waals surface area contributed by atoms with Crippen LogP contribution in [0.2, 0.25) is 10.0 Å². The highest BCUT2D eigenvalue weighted by molar-refractivity contribution is 9.10. The van der Waals surface area contributed by atoms with Gasteiger partial charge in [0.15, 0.2) is 5.11 Å². The van der Waals surface area contributed by atoms with Crippen LogP contribution in [0.4, 0.5) is 5.69 Å². The van der Waals surface area contributed by atoms with Crippen LogP contribution in [0.25, 0.3) is 11.3 Å². The van der Waals surface area contributed by atoms with Gasteiger partial charge in [-0.15, -0.1) is 0 Å². The summed E-state index contributed by atoms with van der Waals surface area (Å²) in [5.74, 6) is 0.572. The highest BCUT2D eigenvalue weighted by Gasteiger charge is 2.14. The van der Waals surface area contributed by atoms with Crippen LogP contribution in [-0.4, -0.2) is 16.1 Å². The van der Waals surface area contributed by atoms with Crippen LogP contribution in [0.3, 0.4) is 0 Å². The van der Waals surface area contributed by atoms with Gasteiger partial charge in [-0.1, -0.05) is 39.1 Å². The molecule has 0 spiro atoms. The van der Waals surface area contributed by atoms with Gasteiger partial charge in [0.2, 0.25) is 0 Å². The summed E-state index contributed by atoms with van der Waals surface area (Å²) in [5.41, 5.74) is 1.51. The van der Waals surface area contributed by atoms with Gasteiger partial charge in [0.05, 0.1) is 21.3 Å². The Morgan fingerprint density at radius 2 is 1.86 bits per heavy atom. The molecule has 0 atom stereocenters. The second kappa shape index (κ2) is 9.07. The van der Waals surface area contributed by atoms with E-state index in [1.54, 1.807) is 48.5 Å². The summed E-state index contributed by atoms with van der Waals surface area (Å²) in [6.45, 7) is -0.188. The minimum Gasteiger partial charge on any atom is -0.459 e. The Kier molecular flexibility index (Phi) is 6.74. The van der Waals surface area contributed by atoms with Gasteiger partial charge < -0.3 is 14.8 Å². The Labute approximate surface area is 184 Å². The van der Waals surface area contributed by atoms with Gasteiger partial charge in [-0.2, -0.15) is 0 Å². The third kappa shape index (κ3) is 4.92. The first-order valence-corrected chi connectivity index (χ1v) is 9.90. The van der Waals surface area contributed by atoms with Gasteiger partial charge in [-0.25, -0.2) is 0 Å². The molecule has 144 valence electrons. The fourth-order valence-electron chi connectivity index (χ4n) is 2.39. The Bertz CT molecular complexity index is 1060. The molecule has 5 nitrogen and oxygen atoms in total. The molecule has 1 amide bonds. The molecule has 0 saturated carbocycles. The molecule has 0 aliphatic carbocycles. The van der Waals surface area contributed by atoms with Crippen LogP contribution >= 0.6 is 51.3 Å². The van der Waals surface area contributed by atoms with Crippen LogP contribution in [-0.2, 0) is 6.61 Å². The van der Waals surface area contributed by atoms with Crippen molar-refractivity contribution >= 4 is 68.1 Å². The van der Waals surface area contributed by atoms with Crippen LogP contribution < -0.4 is 10.6 Å². The third-order valence-electron chi connectivity index (χ3n) is 3.72. The fourth-order valence-corrected chi connectivity index (χ4v) is 3.32. The zero-order valence-electron chi connectivity index (χ0n) is 14.1. The maximum atomic E-state index is 12.4. The van der Waals surface area contributed by atoms with Crippen molar-refractivity contribution in [1.29, 1.82) is 0 Å². The molecule has 3 rings (SSSR count). The van der Waals surface area contributed by atoms with Gasteiger partial charge >= 0.3 is 0 Å². The molecule has 0 aliphatic heterocycles. The second-order valence-corrected chi connectivity index (χ2v) is 7.79. The molecule has 0 radical (unpaired) electrons. The standard InChI is InChI=1S/C19H13BrCl2N2O3S/c20-11-2-5-14(21)13(8-11)18(26)24-19(28)23-16-7-10(1-4-15(16)22)17-6-3-12(9-25)27-17/h1-8,25H,9H2,(H2,23,24,26,28). The summed E-state index contributed by atoms with van der Waals surface area (Å²) in [6.07, 6.45) is 0. The molecule has 0 aliphatic rings. The summed E-state index contributed by atoms with van der Waals surface area (Å²) < 4.78 is 6.24. The SMILES string of the molecule is O=C(NC(=S)Nc1cc(-c2ccc(CO)o2)ccc1Cl)c1cc(Br)ccc1Cl. The highest BCUT2D eigenvalue weighted by atomic mass is 79.9. The first kappa shape index (κ1) is 20.8. The Morgan fingerprint density at radius 1 is 1.11 bits per heavy atom. The van der Waals surface area contributed by atoms with Crippen molar-refractivity contribution in [1.82, 2.24) is 5.32 Å². The summed E-state index contributed by atoms with van der Waals surface area (Å²) in [5, 5.41) is 15.4. The molecular formula is C19H13BrCl2N2O3S. The van der Waals surface area contributed by atoms with Crippen LogP contribution in [0.1, 0.15) is 16.1 Å². The highest BCUT2D eigenvalue weighted by Crippen LogP contribution is 2.30. The Balaban J connectivity index is 1.75. The molecule has 0 unspecified atom stereocenters. The predicted molar refractivity (Wildman–Crippen MR) is 118 cm³/mol. The normalized spacial score (nSPS) is 10.6. The van der Waals surface area contributed by atoms with E-state index < -0.39 is 5.91 Å². The number of anilines is 1. The molecule has 3 aromatic rings. The number of aliphatic hydroxyl groups is 1. The summed E-state index contributed by atoms with van der Waals surface area (Å²) >= 11 is 20.8. The third-order valence-corrected chi connectivity index (χ3v) is 5.07. The van der Waals surface area contributed by atoms with E-state index in [2.05, 4.69) is 26.6 Å². The van der Waals surface area contributed by atoms with Crippen LogP contribution in [0.5, 0.6) is 0 Å². The second-order valence-electron chi connectivity index (χ2n) is 5.65. The van der Waals surface area contributed by atoms with E-state index in [9.17, 15) is 4.79 Å². The van der Waals surface area contributed by atoms with E-state index in [0.717, 1.165) is 10.0 Å². The largest absolute Gasteiger partial charge is 0.459 e. The lowest BCUT2D eigenvalue weighted by atomic mass is 10.1. The molecule has 28 heavy (non-hydrogen) atoms. The van der Waals surface area contributed by atoms with E-state index in [1.807, 2.05) is 0 Å². The lowest BCUT2D eigenvalue weighted by molar-refractivity contribution is 0.0978. The number of aliphatic hydroxyl groups excluding tert-OH is 1. The molecule has 1 aromatic heterocycles. The monoisotopic (exact) mass is 498 g/mol. The molecule has 3 N–H and O–H groups in total. The van der Waals surface area contributed by atoms with Crippen molar-refractivity contribution in [3.8, 4) is 11.3 Å². The minimum absolute atomic E-state index is 0.0654. The van der Waals surface area contributed by atoms with E-state index in [1.165, 1.54) is 0 Å². The average molecular weight is 500 g/mol. The lowest BCUT2D eigenvalue weighted by Crippen LogP contribution is -2.34. The van der Waals surface area contributed by atoms with E-state index in [4.69, 9.17) is 44.9 Å². The minimum atomic E-state index is -0.449. The van der Waals surface area contributed by atoms with Crippen LogP contribution in [0, 0.1) is 0 Å². The van der Waals surface area contributed by atoms with Crippen molar-refractivity contribution in [3.05, 3.63) is 74.4 Å². The zero-order chi connectivity index (χ0) is 20.3. The molecule has 0 saturated heterocycles. The van der Waals surface area contributed by atoms with Gasteiger partial charge in [-0.05, 0) is 60.7 Å². The molecule has 2 aromatic carbocycles. The Hall–Kier alpha value is -1.90. The first-order valence-electron chi connectivity index (χ1n) is 7.94. The van der Waals surface area contributed by atoms with Crippen molar-refractivity contribution in [2.75, 3.05) is 5.32 Å². The van der Waals surface area contributed by atoms with Crippen molar-refractivity contribution in [2.45, 2.75) is 6.61 Å². The van der Waals surface area contributed by atoms with E-state index >= 15 is 0 Å². The molecular weight excluding hydrogens is 487 g/mol. The van der Waals surface area contributed by atoms with Gasteiger partial charge in [0, 0.05) is 10.0 Å². The molecule has 1 heterocycles. The number of hydrogen-bond donors (Lipinski definition) is 3. The topological polar surface area (TPSA) is 74.5 Å². The smallest absolute Gasteiger partial charge is 0.258 e. The average Bonchev–Trinajstić information content (AvgIpc) is 3.14. The summed E-state index contributed by atoms with van der Waals surface area (Å²) in [6, 6.07) is 13.6. The zero-order valence-corrected chi connectivity index (χ0v) is 18.0. The van der Waals surface area contributed by atoms with Crippen LogP contribution in [0.15, 0.2) is 57.4 Å². The number of furan rings is 1. The van der Waals surface area contributed by atoms with Gasteiger partial charge in [-0.3, -0.25) is 10.1 Å². The number of carbonyl (C=O) groups is 1. The number of hydrogen-bond acceptors (Lipinski definition) is 4. The lowest BCUT2D eigenvalue weighted by Gasteiger charge is -2.12. The molecule has 0 fully saturated rings. The number of thiocarbonyl (C=S) groups is 1. The molecule has 0 bridgehead atoms. The van der Waals surface area contributed by atoms with Crippen molar-refractivity contribution < 1.29 is 14.3 Å². The van der Waals surface area contributed by atoms with Gasteiger partial charge in [0.25, 0.3) is 5.91 Å². The number of nitrogens with one attached hydrogen (secondary N) is 2. The number of halogens is 3. The summed E-state index contributed by atoms with van der Waals surface area (Å²) in [7, 11) is 0. The van der Waals surface area contributed by atoms with Crippen molar-refractivity contribution in [3.63, 3.8) is 0 Å². The maximum Gasteiger partial charge on any atom is 0.258 e. The molecule has 9 heteroatoms. The predicted octanol–water partition coefficient (Wildman–Crippen LogP) is 5.64. The van der Waals surface area contributed by atoms with E-state index in [0.29, 0.717) is 27.3 Å². The summed E-state index contributed by atoms with van der Waals surface area (Å²) in [4.78, 5) is 12.4. The first-order chi connectivity index (χ1) is 13.4. The number of carbonyl (C=O) groups excluding carboxylic acids is 1. The maximum absolute atomic E-state index is 12.4. The quantitative estimate of drug-likeness (QED) is 0.405. The Morgan fingerprint density at radius 3 is 2.57 bits per heavy atom. The fraction of sp³-hybridized carbons (Fsp3) is 0.0526. The van der Waals surface area contributed by atoms with Crippen molar-refractivity contribution in [2.24, 2.45) is 0 Å². The number of amides is 1. The number of benzene rings is 2. The number of rotatable bonds is 4.